The van der Waals surface area contributed by atoms with E-state index in [1.165, 1.54) is 13.3 Å². The SMILES string of the molecule is CCCCOc1nc(C(=O)OC)ncc1C(=O)NC(c1ccccc1)c1ccccc1. The van der Waals surface area contributed by atoms with Crippen LogP contribution in [-0.4, -0.2) is 35.6 Å². The van der Waals surface area contributed by atoms with E-state index in [2.05, 4.69) is 20.0 Å². The molecule has 0 saturated carbocycles. The maximum absolute atomic E-state index is 13.2. The molecule has 1 amide bonds. The molecule has 0 saturated heterocycles. The summed E-state index contributed by atoms with van der Waals surface area (Å²) in [6, 6.07) is 19.0. The van der Waals surface area contributed by atoms with Gasteiger partial charge in [-0.05, 0) is 17.5 Å². The number of hydrogen-bond acceptors (Lipinski definition) is 6. The molecule has 1 aromatic heterocycles. The molecule has 3 aromatic rings. The van der Waals surface area contributed by atoms with Gasteiger partial charge in [-0.3, -0.25) is 4.79 Å². The Kier molecular flexibility index (Phi) is 7.70. The number of ether oxygens (including phenoxy) is 2. The molecule has 7 heteroatoms. The Morgan fingerprint density at radius 3 is 2.16 bits per heavy atom. The zero-order chi connectivity index (χ0) is 22.1. The molecule has 1 N–H and O–H groups in total. The number of rotatable bonds is 9. The molecule has 1 heterocycles. The Bertz CT molecular complexity index is 970. The quantitative estimate of drug-likeness (QED) is 0.417. The highest BCUT2D eigenvalue weighted by Crippen LogP contribution is 2.24. The van der Waals surface area contributed by atoms with Gasteiger partial charge in [-0.2, -0.15) is 4.98 Å². The second kappa shape index (κ2) is 10.9. The highest BCUT2D eigenvalue weighted by Gasteiger charge is 2.23. The van der Waals surface area contributed by atoms with Crippen molar-refractivity contribution in [3.63, 3.8) is 0 Å². The van der Waals surface area contributed by atoms with Gasteiger partial charge >= 0.3 is 5.97 Å². The van der Waals surface area contributed by atoms with Crippen molar-refractivity contribution in [2.75, 3.05) is 13.7 Å². The highest BCUT2D eigenvalue weighted by molar-refractivity contribution is 5.97. The first-order valence-electron chi connectivity index (χ1n) is 10.1. The summed E-state index contributed by atoms with van der Waals surface area (Å²) >= 11 is 0. The number of aromatic nitrogens is 2. The first-order chi connectivity index (χ1) is 15.1. The Labute approximate surface area is 181 Å². The lowest BCUT2D eigenvalue weighted by Crippen LogP contribution is -2.30. The van der Waals surface area contributed by atoms with E-state index in [0.29, 0.717) is 6.61 Å². The Morgan fingerprint density at radius 1 is 1.00 bits per heavy atom. The van der Waals surface area contributed by atoms with Crippen LogP contribution in [0.3, 0.4) is 0 Å². The van der Waals surface area contributed by atoms with Crippen LogP contribution in [0.5, 0.6) is 5.88 Å². The van der Waals surface area contributed by atoms with Crippen molar-refractivity contribution in [3.8, 4) is 5.88 Å². The maximum atomic E-state index is 13.2. The van der Waals surface area contributed by atoms with Crippen LogP contribution in [0.2, 0.25) is 0 Å². The number of carbonyl (C=O) groups is 2. The molecule has 0 unspecified atom stereocenters. The van der Waals surface area contributed by atoms with Gasteiger partial charge in [0, 0.05) is 6.20 Å². The third-order valence-corrected chi connectivity index (χ3v) is 4.64. The molecule has 2 aromatic carbocycles. The number of amides is 1. The zero-order valence-electron chi connectivity index (χ0n) is 17.6. The molecule has 3 rings (SSSR count). The molecule has 0 radical (unpaired) electrons. The van der Waals surface area contributed by atoms with Gasteiger partial charge in [-0.1, -0.05) is 74.0 Å². The number of nitrogens with zero attached hydrogens (tertiary/aromatic N) is 2. The van der Waals surface area contributed by atoms with Crippen LogP contribution < -0.4 is 10.1 Å². The summed E-state index contributed by atoms with van der Waals surface area (Å²) in [6.45, 7) is 2.40. The molecule has 0 aliphatic carbocycles. The van der Waals surface area contributed by atoms with Crippen LogP contribution >= 0.6 is 0 Å². The third kappa shape index (κ3) is 5.66. The van der Waals surface area contributed by atoms with Gasteiger partial charge in [-0.15, -0.1) is 0 Å². The fourth-order valence-electron chi connectivity index (χ4n) is 2.99. The standard InChI is InChI=1S/C24H25N3O4/c1-3-4-15-31-23-19(16-25-21(27-23)24(29)30-2)22(28)26-20(17-11-7-5-8-12-17)18-13-9-6-10-14-18/h5-14,16,20H,3-4,15H2,1-2H3,(H,26,28). The molecule has 0 bridgehead atoms. The van der Waals surface area contributed by atoms with Gasteiger partial charge in [0.1, 0.15) is 5.56 Å². The average Bonchev–Trinajstić information content (AvgIpc) is 2.83. The molecular formula is C24H25N3O4. The van der Waals surface area contributed by atoms with Crippen molar-refractivity contribution in [3.05, 3.63) is 89.4 Å². The molecule has 0 aliphatic heterocycles. The van der Waals surface area contributed by atoms with Gasteiger partial charge in [0.05, 0.1) is 19.8 Å². The van der Waals surface area contributed by atoms with Crippen LogP contribution in [0, 0.1) is 0 Å². The van der Waals surface area contributed by atoms with E-state index in [4.69, 9.17) is 4.74 Å². The maximum Gasteiger partial charge on any atom is 0.376 e. The molecule has 0 spiro atoms. The number of carbonyl (C=O) groups excluding carboxylic acids is 2. The lowest BCUT2D eigenvalue weighted by atomic mass is 9.98. The van der Waals surface area contributed by atoms with E-state index in [0.717, 1.165) is 24.0 Å². The molecule has 160 valence electrons. The van der Waals surface area contributed by atoms with Crippen molar-refractivity contribution in [2.24, 2.45) is 0 Å². The summed E-state index contributed by atoms with van der Waals surface area (Å²) in [5.41, 5.74) is 2.02. The molecule has 7 nitrogen and oxygen atoms in total. The van der Waals surface area contributed by atoms with Gasteiger partial charge in [0.15, 0.2) is 0 Å². The minimum Gasteiger partial charge on any atom is -0.477 e. The van der Waals surface area contributed by atoms with Gasteiger partial charge in [-0.25, -0.2) is 9.78 Å². The average molecular weight is 419 g/mol. The molecular weight excluding hydrogens is 394 g/mol. The van der Waals surface area contributed by atoms with Crippen LogP contribution in [0.15, 0.2) is 66.9 Å². The number of methoxy groups -OCH3 is 1. The smallest absolute Gasteiger partial charge is 0.376 e. The monoisotopic (exact) mass is 419 g/mol. The van der Waals surface area contributed by atoms with Crippen molar-refractivity contribution < 1.29 is 19.1 Å². The topological polar surface area (TPSA) is 90.4 Å². The summed E-state index contributed by atoms with van der Waals surface area (Å²) in [7, 11) is 1.24. The van der Waals surface area contributed by atoms with Crippen LogP contribution in [0.4, 0.5) is 0 Å². The first kappa shape index (κ1) is 22.0. The van der Waals surface area contributed by atoms with E-state index in [1.807, 2.05) is 67.6 Å². The minimum atomic E-state index is -0.696. The van der Waals surface area contributed by atoms with Crippen LogP contribution in [-0.2, 0) is 4.74 Å². The Morgan fingerprint density at radius 2 is 1.61 bits per heavy atom. The number of benzene rings is 2. The van der Waals surface area contributed by atoms with Gasteiger partial charge < -0.3 is 14.8 Å². The second-order valence-electron chi connectivity index (χ2n) is 6.83. The zero-order valence-corrected chi connectivity index (χ0v) is 17.6. The summed E-state index contributed by atoms with van der Waals surface area (Å²) in [6.07, 6.45) is 3.00. The molecule has 31 heavy (non-hydrogen) atoms. The van der Waals surface area contributed by atoms with Crippen molar-refractivity contribution in [1.82, 2.24) is 15.3 Å². The normalized spacial score (nSPS) is 10.5. The summed E-state index contributed by atoms with van der Waals surface area (Å²) in [5.74, 6) is -1.20. The summed E-state index contributed by atoms with van der Waals surface area (Å²) in [5, 5.41) is 3.04. The van der Waals surface area contributed by atoms with E-state index in [9.17, 15) is 9.59 Å². The van der Waals surface area contributed by atoms with E-state index in [1.54, 1.807) is 0 Å². The second-order valence-corrected chi connectivity index (χ2v) is 6.83. The first-order valence-corrected chi connectivity index (χ1v) is 10.1. The van der Waals surface area contributed by atoms with Crippen molar-refractivity contribution >= 4 is 11.9 Å². The summed E-state index contributed by atoms with van der Waals surface area (Å²) in [4.78, 5) is 33.1. The number of nitrogens with one attached hydrogen (secondary N) is 1. The third-order valence-electron chi connectivity index (χ3n) is 4.64. The Hall–Kier alpha value is -3.74. The van der Waals surface area contributed by atoms with Gasteiger partial charge in [0.25, 0.3) is 5.91 Å². The fourth-order valence-corrected chi connectivity index (χ4v) is 2.99. The number of unbranched alkanes of at least 4 members (excludes halogenated alkanes) is 1. The van der Waals surface area contributed by atoms with Gasteiger partial charge in [0.2, 0.25) is 11.7 Å². The van der Waals surface area contributed by atoms with Crippen LogP contribution in [0.1, 0.15) is 57.9 Å². The lowest BCUT2D eigenvalue weighted by molar-refractivity contribution is 0.0584. The minimum absolute atomic E-state index is 0.0567. The molecule has 0 aliphatic rings. The van der Waals surface area contributed by atoms with E-state index in [-0.39, 0.29) is 23.3 Å². The van der Waals surface area contributed by atoms with Crippen LogP contribution in [0.25, 0.3) is 0 Å². The number of esters is 1. The predicted octanol–water partition coefficient (Wildman–Crippen LogP) is 3.96. The van der Waals surface area contributed by atoms with Crippen molar-refractivity contribution in [1.29, 1.82) is 0 Å². The molecule has 0 fully saturated rings. The molecule has 0 atom stereocenters. The fraction of sp³-hybridized carbons (Fsp3) is 0.250. The lowest BCUT2D eigenvalue weighted by Gasteiger charge is -2.20. The largest absolute Gasteiger partial charge is 0.477 e. The predicted molar refractivity (Wildman–Crippen MR) is 116 cm³/mol. The highest BCUT2D eigenvalue weighted by atomic mass is 16.5. The van der Waals surface area contributed by atoms with Crippen molar-refractivity contribution in [2.45, 2.75) is 25.8 Å². The van der Waals surface area contributed by atoms with E-state index >= 15 is 0 Å². The Balaban J connectivity index is 1.93. The number of hydrogen-bond donors (Lipinski definition) is 1. The van der Waals surface area contributed by atoms with E-state index < -0.39 is 11.9 Å². The summed E-state index contributed by atoms with van der Waals surface area (Å²) < 4.78 is 10.4.